The van der Waals surface area contributed by atoms with E-state index in [0.29, 0.717) is 24.0 Å². The van der Waals surface area contributed by atoms with E-state index in [4.69, 9.17) is 21.1 Å². The number of fused-ring (bicyclic) bond motifs is 1. The Hall–Kier alpha value is -0.180. The van der Waals surface area contributed by atoms with Gasteiger partial charge >= 0.3 is 0 Å². The molecule has 3 atom stereocenters. The molecule has 0 spiro atoms. The van der Waals surface area contributed by atoms with Gasteiger partial charge in [-0.3, -0.25) is 0 Å². The van der Waals surface area contributed by atoms with Crippen LogP contribution in [0.2, 0.25) is 4.34 Å². The third-order valence-corrected chi connectivity index (χ3v) is 6.86. The van der Waals surface area contributed by atoms with Crippen molar-refractivity contribution in [3.8, 4) is 0 Å². The van der Waals surface area contributed by atoms with Crippen molar-refractivity contribution in [1.82, 2.24) is 4.72 Å². The summed E-state index contributed by atoms with van der Waals surface area (Å²) in [6.07, 6.45) is 2.35. The molecule has 1 saturated carbocycles. The summed E-state index contributed by atoms with van der Waals surface area (Å²) >= 11 is 6.86. The van der Waals surface area contributed by atoms with Gasteiger partial charge in [0.1, 0.15) is 4.21 Å². The minimum absolute atomic E-state index is 0.00266. The van der Waals surface area contributed by atoms with Gasteiger partial charge in [-0.1, -0.05) is 11.6 Å². The highest BCUT2D eigenvalue weighted by Crippen LogP contribution is 2.29. The van der Waals surface area contributed by atoms with E-state index in [0.717, 1.165) is 24.2 Å². The highest BCUT2D eigenvalue weighted by Gasteiger charge is 2.36. The molecule has 0 bridgehead atoms. The minimum atomic E-state index is -3.49. The topological polar surface area (TPSA) is 64.6 Å². The van der Waals surface area contributed by atoms with Gasteiger partial charge in [0, 0.05) is 6.04 Å². The van der Waals surface area contributed by atoms with Crippen LogP contribution in [0.5, 0.6) is 0 Å². The zero-order valence-electron chi connectivity index (χ0n) is 10.7. The first-order chi connectivity index (χ1) is 9.54. The van der Waals surface area contributed by atoms with E-state index in [-0.39, 0.29) is 22.5 Å². The number of halogens is 1. The number of hydrogen-bond acceptors (Lipinski definition) is 5. The average Bonchev–Trinajstić information content (AvgIpc) is 2.86. The molecule has 20 heavy (non-hydrogen) atoms. The molecule has 1 aromatic rings. The molecule has 1 aliphatic heterocycles. The van der Waals surface area contributed by atoms with Crippen LogP contribution in [0.1, 0.15) is 19.3 Å². The van der Waals surface area contributed by atoms with Crippen LogP contribution in [-0.2, 0) is 19.5 Å². The molecular formula is C12H16ClNO4S2. The van der Waals surface area contributed by atoms with Gasteiger partial charge in [0.25, 0.3) is 0 Å². The summed E-state index contributed by atoms with van der Waals surface area (Å²) in [4.78, 5) is 0. The normalized spacial score (nSPS) is 30.9. The minimum Gasteiger partial charge on any atom is -0.373 e. The van der Waals surface area contributed by atoms with Crippen molar-refractivity contribution in [1.29, 1.82) is 0 Å². The lowest BCUT2D eigenvalue weighted by atomic mass is 9.90. The molecule has 112 valence electrons. The van der Waals surface area contributed by atoms with Gasteiger partial charge < -0.3 is 9.47 Å². The molecule has 0 radical (unpaired) electrons. The number of thiophene rings is 1. The van der Waals surface area contributed by atoms with Crippen molar-refractivity contribution in [2.45, 2.75) is 41.7 Å². The van der Waals surface area contributed by atoms with Gasteiger partial charge in [0.2, 0.25) is 10.0 Å². The smallest absolute Gasteiger partial charge is 0.250 e. The fraction of sp³-hybridized carbons (Fsp3) is 0.667. The molecule has 8 heteroatoms. The molecule has 2 heterocycles. The first-order valence-electron chi connectivity index (χ1n) is 6.55. The molecule has 2 fully saturated rings. The Morgan fingerprint density at radius 2 is 1.95 bits per heavy atom. The van der Waals surface area contributed by atoms with E-state index in [1.807, 2.05) is 0 Å². The number of hydrogen-bond donors (Lipinski definition) is 1. The first-order valence-corrected chi connectivity index (χ1v) is 9.23. The van der Waals surface area contributed by atoms with Crippen molar-refractivity contribution in [3.05, 3.63) is 16.5 Å². The van der Waals surface area contributed by atoms with Crippen LogP contribution in [0, 0.1) is 0 Å². The largest absolute Gasteiger partial charge is 0.373 e. The molecule has 3 rings (SSSR count). The molecule has 0 amide bonds. The van der Waals surface area contributed by atoms with E-state index in [2.05, 4.69) is 4.72 Å². The molecule has 1 N–H and O–H groups in total. The van der Waals surface area contributed by atoms with E-state index in [1.54, 1.807) is 6.07 Å². The van der Waals surface area contributed by atoms with Gasteiger partial charge in [0.15, 0.2) is 0 Å². The Kier molecular flexibility index (Phi) is 4.35. The van der Waals surface area contributed by atoms with Gasteiger partial charge in [-0.2, -0.15) is 0 Å². The second kappa shape index (κ2) is 5.90. The number of nitrogens with one attached hydrogen (secondary N) is 1. The van der Waals surface area contributed by atoms with E-state index >= 15 is 0 Å². The number of sulfonamides is 1. The zero-order valence-corrected chi connectivity index (χ0v) is 13.1. The summed E-state index contributed by atoms with van der Waals surface area (Å²) < 4.78 is 39.2. The van der Waals surface area contributed by atoms with Gasteiger partial charge in [-0.25, -0.2) is 13.1 Å². The van der Waals surface area contributed by atoms with Crippen molar-refractivity contribution in [3.63, 3.8) is 0 Å². The SMILES string of the molecule is O=S(=O)(NC1CCC2OCCOC2C1)c1ccc(Cl)s1. The Morgan fingerprint density at radius 1 is 1.20 bits per heavy atom. The third-order valence-electron chi connectivity index (χ3n) is 3.61. The van der Waals surface area contributed by atoms with Gasteiger partial charge in [0.05, 0.1) is 29.8 Å². The Labute approximate surface area is 127 Å². The maximum Gasteiger partial charge on any atom is 0.250 e. The fourth-order valence-electron chi connectivity index (χ4n) is 2.69. The van der Waals surface area contributed by atoms with Crippen LogP contribution in [0.15, 0.2) is 16.3 Å². The lowest BCUT2D eigenvalue weighted by molar-refractivity contribution is -0.156. The van der Waals surface area contributed by atoms with Crippen molar-refractivity contribution in [2.75, 3.05) is 13.2 Å². The summed E-state index contributed by atoms with van der Waals surface area (Å²) in [6, 6.07) is 3.01. The monoisotopic (exact) mass is 337 g/mol. The van der Waals surface area contributed by atoms with Crippen LogP contribution < -0.4 is 4.72 Å². The Balaban J connectivity index is 1.66. The standard InChI is InChI=1S/C12H16ClNO4S2/c13-11-3-4-12(19-11)20(15,16)14-8-1-2-9-10(7-8)18-6-5-17-9/h3-4,8-10,14H,1-2,5-7H2. The van der Waals surface area contributed by atoms with Gasteiger partial charge in [-0.05, 0) is 31.4 Å². The lowest BCUT2D eigenvalue weighted by Gasteiger charge is -2.38. The van der Waals surface area contributed by atoms with Crippen LogP contribution in [0.25, 0.3) is 0 Å². The number of rotatable bonds is 3. The van der Waals surface area contributed by atoms with Gasteiger partial charge in [-0.15, -0.1) is 11.3 Å². The summed E-state index contributed by atoms with van der Waals surface area (Å²) in [5, 5.41) is 0. The molecule has 1 saturated heterocycles. The Morgan fingerprint density at radius 3 is 2.65 bits per heavy atom. The van der Waals surface area contributed by atoms with E-state index < -0.39 is 10.0 Å². The summed E-state index contributed by atoms with van der Waals surface area (Å²) in [7, 11) is -3.49. The van der Waals surface area contributed by atoms with Crippen molar-refractivity contribution >= 4 is 33.0 Å². The molecule has 5 nitrogen and oxygen atoms in total. The molecule has 1 aromatic heterocycles. The van der Waals surface area contributed by atoms with Crippen LogP contribution >= 0.6 is 22.9 Å². The first kappa shape index (κ1) is 14.7. The maximum atomic E-state index is 12.2. The van der Waals surface area contributed by atoms with Crippen LogP contribution in [0.4, 0.5) is 0 Å². The van der Waals surface area contributed by atoms with Crippen LogP contribution in [0.3, 0.4) is 0 Å². The van der Waals surface area contributed by atoms with Crippen molar-refractivity contribution < 1.29 is 17.9 Å². The predicted molar refractivity (Wildman–Crippen MR) is 76.8 cm³/mol. The lowest BCUT2D eigenvalue weighted by Crippen LogP contribution is -2.49. The van der Waals surface area contributed by atoms with E-state index in [9.17, 15) is 8.42 Å². The highest BCUT2D eigenvalue weighted by atomic mass is 35.5. The molecular weight excluding hydrogens is 322 g/mol. The summed E-state index contributed by atoms with van der Waals surface area (Å²) in [5.41, 5.74) is 0. The molecule has 2 aliphatic rings. The predicted octanol–water partition coefficient (Wildman–Crippen LogP) is 2.02. The Bertz CT molecular complexity index is 574. The highest BCUT2D eigenvalue weighted by molar-refractivity contribution is 7.91. The zero-order chi connectivity index (χ0) is 14.2. The average molecular weight is 338 g/mol. The maximum absolute atomic E-state index is 12.2. The summed E-state index contributed by atoms with van der Waals surface area (Å²) in [6.45, 7) is 1.21. The second-order valence-electron chi connectivity index (χ2n) is 5.01. The molecule has 3 unspecified atom stereocenters. The van der Waals surface area contributed by atoms with Crippen molar-refractivity contribution in [2.24, 2.45) is 0 Å². The van der Waals surface area contributed by atoms with Crippen LogP contribution in [-0.4, -0.2) is 39.9 Å². The molecule has 1 aliphatic carbocycles. The molecule has 0 aromatic carbocycles. The summed E-state index contributed by atoms with van der Waals surface area (Å²) in [5.74, 6) is 0. The third kappa shape index (κ3) is 3.18. The second-order valence-corrected chi connectivity index (χ2v) is 8.66. The quantitative estimate of drug-likeness (QED) is 0.916. The van der Waals surface area contributed by atoms with E-state index in [1.165, 1.54) is 6.07 Å². The number of ether oxygens (including phenoxy) is 2. The fourth-order valence-corrected chi connectivity index (χ4v) is 5.48.